The van der Waals surface area contributed by atoms with Crippen LogP contribution >= 0.6 is 12.4 Å². The summed E-state index contributed by atoms with van der Waals surface area (Å²) in [5.41, 5.74) is -0.112. The Morgan fingerprint density at radius 1 is 0.923 bits per heavy atom. The second-order valence-electron chi connectivity index (χ2n) is 6.66. The Kier molecular flexibility index (Phi) is 15.1. The highest BCUT2D eigenvalue weighted by molar-refractivity contribution is 5.90. The molecule has 0 amide bonds. The van der Waals surface area contributed by atoms with Gasteiger partial charge in [0.05, 0.1) is 6.61 Å². The van der Waals surface area contributed by atoms with Gasteiger partial charge in [0.15, 0.2) is 11.6 Å². The highest BCUT2D eigenvalue weighted by Gasteiger charge is 2.15. The topological polar surface area (TPSA) is 46.5 Å². The molecule has 0 fully saturated rings. The Labute approximate surface area is 163 Å². The summed E-state index contributed by atoms with van der Waals surface area (Å²) in [6.07, 6.45) is 15.0. The molecule has 0 spiro atoms. The van der Waals surface area contributed by atoms with Crippen LogP contribution < -0.4 is 4.74 Å². The molecule has 0 radical (unpaired) electrons. The number of unbranched alkanes of at least 4 members (excludes halogenated alkanes) is 11. The average Bonchev–Trinajstić information content (AvgIpc) is 2.59. The third-order valence-electron chi connectivity index (χ3n) is 4.44. The van der Waals surface area contributed by atoms with E-state index in [-0.39, 0.29) is 23.7 Å². The van der Waals surface area contributed by atoms with E-state index in [0.29, 0.717) is 6.61 Å². The predicted octanol–water partition coefficient (Wildman–Crippen LogP) is 7.03. The molecule has 1 rings (SSSR count). The molecule has 0 saturated heterocycles. The van der Waals surface area contributed by atoms with Crippen molar-refractivity contribution in [2.75, 3.05) is 6.61 Å². The number of para-hydroxylation sites is 1. The fourth-order valence-corrected chi connectivity index (χ4v) is 2.94. The highest BCUT2D eigenvalue weighted by Crippen LogP contribution is 2.23. The summed E-state index contributed by atoms with van der Waals surface area (Å²) in [5.74, 6) is -1.92. The largest absolute Gasteiger partial charge is 0.490 e. The number of benzene rings is 1. The molecule has 0 aliphatic rings. The number of carboxylic acids is 1. The zero-order chi connectivity index (χ0) is 18.3. The monoisotopic (exact) mass is 388 g/mol. The molecule has 5 heteroatoms. The molecule has 1 aromatic rings. The predicted molar refractivity (Wildman–Crippen MR) is 107 cm³/mol. The van der Waals surface area contributed by atoms with Crippen LogP contribution in [0.2, 0.25) is 0 Å². The number of carbonyl (C=O) groups is 1. The van der Waals surface area contributed by atoms with Gasteiger partial charge in [-0.05, 0) is 18.6 Å². The summed E-state index contributed by atoms with van der Waals surface area (Å²) < 4.78 is 19.0. The first-order chi connectivity index (χ1) is 12.2. The van der Waals surface area contributed by atoms with E-state index >= 15 is 0 Å². The van der Waals surface area contributed by atoms with E-state index in [2.05, 4.69) is 6.92 Å². The third kappa shape index (κ3) is 10.6. The van der Waals surface area contributed by atoms with Crippen molar-refractivity contribution in [1.29, 1.82) is 0 Å². The molecule has 0 aromatic heterocycles. The van der Waals surface area contributed by atoms with Crippen LogP contribution in [0.25, 0.3) is 0 Å². The lowest BCUT2D eigenvalue weighted by molar-refractivity contribution is 0.0691. The average molecular weight is 389 g/mol. The number of ether oxygens (including phenoxy) is 1. The van der Waals surface area contributed by atoms with Crippen LogP contribution in [0.15, 0.2) is 18.2 Å². The summed E-state index contributed by atoms with van der Waals surface area (Å²) in [6, 6.07) is 3.97. The zero-order valence-corrected chi connectivity index (χ0v) is 16.8. The molecule has 3 nitrogen and oxygen atoms in total. The minimum absolute atomic E-state index is 0. The minimum Gasteiger partial charge on any atom is -0.490 e. The van der Waals surface area contributed by atoms with E-state index in [4.69, 9.17) is 9.84 Å². The molecular formula is C21H34ClFO3. The zero-order valence-electron chi connectivity index (χ0n) is 16.0. The lowest BCUT2D eigenvalue weighted by Crippen LogP contribution is -2.06. The lowest BCUT2D eigenvalue weighted by Gasteiger charge is -2.10. The SMILES string of the molecule is CCCCCCCCCCCCCCOc1c(F)cccc1C(=O)O.Cl. The first-order valence-corrected chi connectivity index (χ1v) is 9.81. The van der Waals surface area contributed by atoms with Gasteiger partial charge in [0, 0.05) is 0 Å². The van der Waals surface area contributed by atoms with Crippen molar-refractivity contribution in [3.05, 3.63) is 29.6 Å². The summed E-state index contributed by atoms with van der Waals surface area (Å²) in [7, 11) is 0. The van der Waals surface area contributed by atoms with Crippen LogP contribution in [0.4, 0.5) is 4.39 Å². The smallest absolute Gasteiger partial charge is 0.339 e. The van der Waals surface area contributed by atoms with E-state index in [9.17, 15) is 9.18 Å². The van der Waals surface area contributed by atoms with Gasteiger partial charge >= 0.3 is 5.97 Å². The molecule has 0 heterocycles. The first kappa shape index (κ1) is 24.7. The molecule has 0 unspecified atom stereocenters. The second-order valence-corrected chi connectivity index (χ2v) is 6.66. The Morgan fingerprint density at radius 3 is 1.92 bits per heavy atom. The van der Waals surface area contributed by atoms with Gasteiger partial charge in [0.2, 0.25) is 0 Å². The van der Waals surface area contributed by atoms with Crippen molar-refractivity contribution in [3.63, 3.8) is 0 Å². The normalized spacial score (nSPS) is 10.4. The first-order valence-electron chi connectivity index (χ1n) is 9.81. The second kappa shape index (κ2) is 15.9. The van der Waals surface area contributed by atoms with Gasteiger partial charge < -0.3 is 9.84 Å². The van der Waals surface area contributed by atoms with Gasteiger partial charge in [0.25, 0.3) is 0 Å². The quantitative estimate of drug-likeness (QED) is 0.328. The molecule has 0 aliphatic heterocycles. The maximum atomic E-state index is 13.7. The number of halogens is 2. The maximum absolute atomic E-state index is 13.7. The number of aromatic carboxylic acids is 1. The molecular weight excluding hydrogens is 355 g/mol. The molecule has 0 saturated carbocycles. The Balaban J connectivity index is 0.00000625. The number of carboxylic acid groups (broad SMARTS) is 1. The molecule has 1 aromatic carbocycles. The Hall–Kier alpha value is -1.29. The minimum atomic E-state index is -1.16. The molecule has 0 aliphatic carbocycles. The van der Waals surface area contributed by atoms with Crippen LogP contribution in [-0.4, -0.2) is 17.7 Å². The molecule has 1 N–H and O–H groups in total. The van der Waals surface area contributed by atoms with Gasteiger partial charge in [-0.15, -0.1) is 12.4 Å². The standard InChI is InChI=1S/C21H33FO3.ClH/c1-2-3-4-5-6-7-8-9-10-11-12-13-17-25-20-18(21(23)24)15-14-16-19(20)22;/h14-16H,2-13,17H2,1H3,(H,23,24);1H. The fourth-order valence-electron chi connectivity index (χ4n) is 2.94. The lowest BCUT2D eigenvalue weighted by atomic mass is 10.1. The van der Waals surface area contributed by atoms with Crippen LogP contribution in [0, 0.1) is 5.82 Å². The molecule has 0 atom stereocenters. The van der Waals surface area contributed by atoms with Crippen molar-refractivity contribution in [2.45, 2.75) is 84.0 Å². The summed E-state index contributed by atoms with van der Waals surface area (Å²) in [4.78, 5) is 11.1. The maximum Gasteiger partial charge on any atom is 0.339 e. The van der Waals surface area contributed by atoms with E-state index in [1.807, 2.05) is 0 Å². The number of hydrogen-bond acceptors (Lipinski definition) is 2. The molecule has 150 valence electrons. The van der Waals surface area contributed by atoms with Gasteiger partial charge in [-0.3, -0.25) is 0 Å². The van der Waals surface area contributed by atoms with E-state index < -0.39 is 11.8 Å². The van der Waals surface area contributed by atoms with Gasteiger partial charge in [0.1, 0.15) is 5.56 Å². The van der Waals surface area contributed by atoms with Gasteiger partial charge in [-0.25, -0.2) is 9.18 Å². The van der Waals surface area contributed by atoms with Crippen LogP contribution in [0.5, 0.6) is 5.75 Å². The van der Waals surface area contributed by atoms with Crippen molar-refractivity contribution in [1.82, 2.24) is 0 Å². The van der Waals surface area contributed by atoms with E-state index in [0.717, 1.165) is 19.3 Å². The fraction of sp³-hybridized carbons (Fsp3) is 0.667. The van der Waals surface area contributed by atoms with Crippen molar-refractivity contribution in [2.24, 2.45) is 0 Å². The van der Waals surface area contributed by atoms with E-state index in [1.165, 1.54) is 76.0 Å². The van der Waals surface area contributed by atoms with Gasteiger partial charge in [-0.1, -0.05) is 83.6 Å². The Bertz CT molecular complexity index is 494. The molecule has 0 bridgehead atoms. The highest BCUT2D eigenvalue weighted by atomic mass is 35.5. The Morgan fingerprint density at radius 2 is 1.42 bits per heavy atom. The van der Waals surface area contributed by atoms with Crippen LogP contribution in [-0.2, 0) is 0 Å². The van der Waals surface area contributed by atoms with Crippen molar-refractivity contribution in [3.8, 4) is 5.75 Å². The van der Waals surface area contributed by atoms with Crippen LogP contribution in [0.3, 0.4) is 0 Å². The number of rotatable bonds is 15. The third-order valence-corrected chi connectivity index (χ3v) is 4.44. The van der Waals surface area contributed by atoms with Gasteiger partial charge in [-0.2, -0.15) is 0 Å². The summed E-state index contributed by atoms with van der Waals surface area (Å²) in [5, 5.41) is 9.05. The van der Waals surface area contributed by atoms with E-state index in [1.54, 1.807) is 0 Å². The van der Waals surface area contributed by atoms with Crippen molar-refractivity contribution < 1.29 is 19.0 Å². The van der Waals surface area contributed by atoms with Crippen LogP contribution in [0.1, 0.15) is 94.3 Å². The molecule has 26 heavy (non-hydrogen) atoms. The van der Waals surface area contributed by atoms with Crippen molar-refractivity contribution >= 4 is 18.4 Å². The summed E-state index contributed by atoms with van der Waals surface area (Å²) in [6.45, 7) is 2.60. The number of hydrogen-bond donors (Lipinski definition) is 1. The summed E-state index contributed by atoms with van der Waals surface area (Å²) >= 11 is 0.